The van der Waals surface area contributed by atoms with Crippen molar-refractivity contribution in [1.29, 1.82) is 0 Å². The second kappa shape index (κ2) is 5.44. The summed E-state index contributed by atoms with van der Waals surface area (Å²) in [6.45, 7) is 4.84. The van der Waals surface area contributed by atoms with Gasteiger partial charge in [0.15, 0.2) is 6.67 Å². The zero-order chi connectivity index (χ0) is 13.0. The normalized spacial score (nSPS) is 16.9. The van der Waals surface area contributed by atoms with Crippen LogP contribution in [0.15, 0.2) is 35.4 Å². The van der Waals surface area contributed by atoms with Gasteiger partial charge < -0.3 is 5.32 Å². The van der Waals surface area contributed by atoms with E-state index in [1.807, 2.05) is 44.2 Å². The van der Waals surface area contributed by atoms with E-state index in [2.05, 4.69) is 15.7 Å². The van der Waals surface area contributed by atoms with Gasteiger partial charge in [0.1, 0.15) is 6.54 Å². The fourth-order valence-corrected chi connectivity index (χ4v) is 1.74. The first-order valence-electron chi connectivity index (χ1n) is 5.89. The molecule has 0 atom stereocenters. The van der Waals surface area contributed by atoms with Crippen molar-refractivity contribution in [2.75, 3.05) is 6.67 Å². The van der Waals surface area contributed by atoms with Crippen molar-refractivity contribution in [2.45, 2.75) is 20.4 Å². The van der Waals surface area contributed by atoms with E-state index in [-0.39, 0.29) is 5.91 Å². The summed E-state index contributed by atoms with van der Waals surface area (Å²) in [5, 5.41) is 10.1. The van der Waals surface area contributed by atoms with Crippen LogP contribution in [0.4, 0.5) is 0 Å². The summed E-state index contributed by atoms with van der Waals surface area (Å²) < 4.78 is 1.70. The summed E-state index contributed by atoms with van der Waals surface area (Å²) in [6.07, 6.45) is 0. The second-order valence-electron chi connectivity index (χ2n) is 4.30. The van der Waals surface area contributed by atoms with Crippen molar-refractivity contribution in [3.05, 3.63) is 35.9 Å². The van der Waals surface area contributed by atoms with Crippen molar-refractivity contribution in [1.82, 2.24) is 10.6 Å². The number of hydrogen-bond acceptors (Lipinski definition) is 2. The highest BCUT2D eigenvalue weighted by Gasteiger charge is 2.28. The second-order valence-corrected chi connectivity index (χ2v) is 4.30. The third-order valence-electron chi connectivity index (χ3n) is 2.47. The van der Waals surface area contributed by atoms with Crippen molar-refractivity contribution < 1.29 is 9.48 Å². The lowest BCUT2D eigenvalue weighted by molar-refractivity contribution is -0.550. The van der Waals surface area contributed by atoms with E-state index in [0.29, 0.717) is 19.0 Å². The molecule has 0 aromatic heterocycles. The SMILES string of the molecule is CC(C)=N[N+](Cc1ccccc1)=C1NCNC1=O. The Hall–Kier alpha value is -2.17. The molecule has 1 amide bonds. The Morgan fingerprint density at radius 2 is 2.00 bits per heavy atom. The highest BCUT2D eigenvalue weighted by atomic mass is 16.2. The Morgan fingerprint density at radius 3 is 2.56 bits per heavy atom. The molecule has 0 bridgehead atoms. The average molecular weight is 245 g/mol. The summed E-state index contributed by atoms with van der Waals surface area (Å²) in [6, 6.07) is 9.95. The Balaban J connectivity index is 2.32. The summed E-state index contributed by atoms with van der Waals surface area (Å²) >= 11 is 0. The van der Waals surface area contributed by atoms with Gasteiger partial charge in [0.25, 0.3) is 0 Å². The Kier molecular flexibility index (Phi) is 3.72. The van der Waals surface area contributed by atoms with Gasteiger partial charge in [-0.15, -0.1) is 4.68 Å². The van der Waals surface area contributed by atoms with Gasteiger partial charge in [-0.3, -0.25) is 4.79 Å². The van der Waals surface area contributed by atoms with E-state index in [1.54, 1.807) is 4.68 Å². The molecule has 5 heteroatoms. The Morgan fingerprint density at radius 1 is 1.28 bits per heavy atom. The van der Waals surface area contributed by atoms with Crippen molar-refractivity contribution in [3.8, 4) is 0 Å². The van der Waals surface area contributed by atoms with E-state index < -0.39 is 0 Å². The number of carbonyl (C=O) groups excluding carboxylic acids is 1. The molecule has 5 nitrogen and oxygen atoms in total. The molecule has 1 heterocycles. The number of hydrazone groups is 1. The molecule has 2 rings (SSSR count). The van der Waals surface area contributed by atoms with E-state index in [4.69, 9.17) is 0 Å². The number of amidine groups is 1. The molecule has 18 heavy (non-hydrogen) atoms. The molecule has 1 saturated heterocycles. The van der Waals surface area contributed by atoms with E-state index in [1.165, 1.54) is 0 Å². The summed E-state index contributed by atoms with van der Waals surface area (Å²) in [5.74, 6) is 0.385. The molecule has 0 unspecified atom stereocenters. The predicted molar refractivity (Wildman–Crippen MR) is 70.3 cm³/mol. The van der Waals surface area contributed by atoms with Gasteiger partial charge in [0.05, 0.1) is 5.71 Å². The van der Waals surface area contributed by atoms with Gasteiger partial charge in [-0.2, -0.15) is 0 Å². The number of rotatable bonds is 3. The monoisotopic (exact) mass is 245 g/mol. The molecular weight excluding hydrogens is 228 g/mol. The smallest absolute Gasteiger partial charge is 0.310 e. The van der Waals surface area contributed by atoms with Gasteiger partial charge in [-0.1, -0.05) is 35.4 Å². The van der Waals surface area contributed by atoms with Crippen molar-refractivity contribution >= 4 is 17.5 Å². The first kappa shape index (κ1) is 12.3. The third-order valence-corrected chi connectivity index (χ3v) is 2.47. The highest BCUT2D eigenvalue weighted by molar-refractivity contribution is 6.37. The van der Waals surface area contributed by atoms with E-state index in [0.717, 1.165) is 11.3 Å². The molecule has 1 aromatic rings. The number of carbonyl (C=O) groups is 1. The van der Waals surface area contributed by atoms with Crippen LogP contribution in [-0.4, -0.2) is 28.8 Å². The standard InChI is InChI=1S/C13H16N4O/c1-10(2)16-17(12-13(18)15-9-14-12)8-11-6-4-3-5-7-11/h3-7H,8-9H2,1-2H3,(H,15,18)/p+1. The van der Waals surface area contributed by atoms with E-state index >= 15 is 0 Å². The lowest BCUT2D eigenvalue weighted by Crippen LogP contribution is -2.31. The lowest BCUT2D eigenvalue weighted by atomic mass is 10.2. The van der Waals surface area contributed by atoms with Crippen LogP contribution in [0.5, 0.6) is 0 Å². The maximum atomic E-state index is 11.7. The van der Waals surface area contributed by atoms with Crippen molar-refractivity contribution in [3.63, 3.8) is 0 Å². The minimum absolute atomic E-state index is 0.115. The molecule has 2 N–H and O–H groups in total. The van der Waals surface area contributed by atoms with Gasteiger partial charge in [0, 0.05) is 0 Å². The van der Waals surface area contributed by atoms with Crippen LogP contribution >= 0.6 is 0 Å². The minimum Gasteiger partial charge on any atom is -0.310 e. The maximum absolute atomic E-state index is 11.7. The van der Waals surface area contributed by atoms with Crippen LogP contribution in [0.25, 0.3) is 0 Å². The summed E-state index contributed by atoms with van der Waals surface area (Å²) in [5.41, 5.74) is 2.01. The van der Waals surface area contributed by atoms with E-state index in [9.17, 15) is 4.79 Å². The van der Waals surface area contributed by atoms with Gasteiger partial charge in [-0.05, 0) is 19.4 Å². The summed E-state index contributed by atoms with van der Waals surface area (Å²) in [7, 11) is 0. The van der Waals surface area contributed by atoms with Crippen LogP contribution in [0, 0.1) is 0 Å². The summed E-state index contributed by atoms with van der Waals surface area (Å²) in [4.78, 5) is 11.7. The van der Waals surface area contributed by atoms with Crippen LogP contribution in [0.2, 0.25) is 0 Å². The zero-order valence-electron chi connectivity index (χ0n) is 10.6. The zero-order valence-corrected chi connectivity index (χ0v) is 10.6. The Bertz CT molecular complexity index is 501. The molecule has 1 aliphatic heterocycles. The minimum atomic E-state index is -0.115. The third kappa shape index (κ3) is 2.94. The van der Waals surface area contributed by atoms with Crippen LogP contribution in [0.1, 0.15) is 19.4 Å². The molecule has 1 aliphatic rings. The lowest BCUT2D eigenvalue weighted by Gasteiger charge is -2.03. The Labute approximate surface area is 106 Å². The predicted octanol–water partition coefficient (Wildman–Crippen LogP) is 0.670. The van der Waals surface area contributed by atoms with Gasteiger partial charge >= 0.3 is 11.7 Å². The fraction of sp³-hybridized carbons (Fsp3) is 0.308. The number of hydrogen-bond donors (Lipinski definition) is 2. The first-order valence-corrected chi connectivity index (χ1v) is 5.89. The maximum Gasteiger partial charge on any atom is 0.363 e. The number of amides is 1. The van der Waals surface area contributed by atoms with Gasteiger partial charge in [0.2, 0.25) is 0 Å². The molecule has 94 valence electrons. The van der Waals surface area contributed by atoms with Crippen LogP contribution in [0.3, 0.4) is 0 Å². The van der Waals surface area contributed by atoms with Crippen LogP contribution in [-0.2, 0) is 11.3 Å². The largest absolute Gasteiger partial charge is 0.363 e. The van der Waals surface area contributed by atoms with Crippen LogP contribution < -0.4 is 10.6 Å². The molecule has 0 radical (unpaired) electrons. The fourth-order valence-electron chi connectivity index (χ4n) is 1.74. The van der Waals surface area contributed by atoms with Crippen molar-refractivity contribution in [2.24, 2.45) is 5.10 Å². The topological polar surface area (TPSA) is 56.5 Å². The molecule has 0 aliphatic carbocycles. The highest BCUT2D eigenvalue weighted by Crippen LogP contribution is 2.02. The molecule has 0 saturated carbocycles. The first-order chi connectivity index (χ1) is 8.66. The molecule has 1 aromatic carbocycles. The van der Waals surface area contributed by atoms with Gasteiger partial charge in [-0.25, -0.2) is 5.32 Å². The molecular formula is C13H17N4O+. The molecule has 1 fully saturated rings. The number of benzene rings is 1. The quantitative estimate of drug-likeness (QED) is 0.467. The average Bonchev–Trinajstić information content (AvgIpc) is 2.75. The molecule has 0 spiro atoms. The number of nitrogens with zero attached hydrogens (tertiary/aromatic N) is 2. The number of nitrogens with one attached hydrogen (secondary N) is 2.